The van der Waals surface area contributed by atoms with Crippen molar-refractivity contribution in [3.8, 4) is 0 Å². The number of hydrogen-bond donors (Lipinski definition) is 0. The van der Waals surface area contributed by atoms with Crippen molar-refractivity contribution < 1.29 is 33.0 Å². The van der Waals surface area contributed by atoms with Gasteiger partial charge in [0.1, 0.15) is 5.82 Å². The Bertz CT molecular complexity index is 1330. The van der Waals surface area contributed by atoms with Crippen LogP contribution in [-0.4, -0.2) is 60.8 Å². The summed E-state index contributed by atoms with van der Waals surface area (Å²) in [5.74, 6) is -0.749. The molecule has 9 heteroatoms. The molecule has 2 aliphatic rings. The van der Waals surface area contributed by atoms with E-state index in [1.54, 1.807) is 31.0 Å². The molecule has 7 nitrogen and oxygen atoms in total. The van der Waals surface area contributed by atoms with E-state index in [-0.39, 0.29) is 41.5 Å². The van der Waals surface area contributed by atoms with Crippen LogP contribution in [0.3, 0.4) is 0 Å². The van der Waals surface area contributed by atoms with Crippen LogP contribution in [0.5, 0.6) is 0 Å². The van der Waals surface area contributed by atoms with Gasteiger partial charge in [0.05, 0.1) is 12.4 Å². The number of ketones is 1. The lowest BCUT2D eigenvalue weighted by molar-refractivity contribution is -0.168. The minimum Gasteiger partial charge on any atom is -0.428 e. The van der Waals surface area contributed by atoms with Gasteiger partial charge in [-0.2, -0.15) is 0 Å². The third-order valence-corrected chi connectivity index (χ3v) is 10.1. The Balaban J connectivity index is 1.31. The zero-order valence-corrected chi connectivity index (χ0v) is 30.8. The van der Waals surface area contributed by atoms with Gasteiger partial charge in [0, 0.05) is 48.9 Å². The fourth-order valence-corrected chi connectivity index (χ4v) is 6.82. The van der Waals surface area contributed by atoms with Crippen LogP contribution in [0, 0.1) is 17.7 Å². The molecule has 3 rings (SSSR count). The van der Waals surface area contributed by atoms with E-state index in [4.69, 9.17) is 14.2 Å². The Morgan fingerprint density at radius 3 is 2.16 bits per heavy atom. The Morgan fingerprint density at radius 2 is 1.52 bits per heavy atom. The largest absolute Gasteiger partial charge is 0.428 e. The zero-order chi connectivity index (χ0) is 35.8. The lowest BCUT2D eigenvalue weighted by Gasteiger charge is -2.38. The van der Waals surface area contributed by atoms with Crippen LogP contribution in [0.25, 0.3) is 0 Å². The first kappa shape index (κ1) is 41.2. The van der Waals surface area contributed by atoms with E-state index >= 15 is 0 Å². The number of esters is 2. The number of carbonyl (C=O) groups is 3. The minimum atomic E-state index is -0.443. The molecule has 1 aliphatic carbocycles. The number of carbonyl (C=O) groups excluding carboxylic acids is 3. The predicted molar refractivity (Wildman–Crippen MR) is 200 cm³/mol. The van der Waals surface area contributed by atoms with Crippen LogP contribution in [0.4, 0.5) is 4.39 Å². The maximum absolute atomic E-state index is 14.9. The summed E-state index contributed by atoms with van der Waals surface area (Å²) in [6.45, 7) is 3.31. The first-order chi connectivity index (χ1) is 24.4. The number of hydrogen-bond acceptors (Lipinski definition) is 8. The van der Waals surface area contributed by atoms with Crippen LogP contribution >= 0.6 is 11.8 Å². The van der Waals surface area contributed by atoms with Gasteiger partial charge in [-0.3, -0.25) is 19.3 Å². The molecule has 1 saturated carbocycles. The molecule has 0 radical (unpaired) electrons. The van der Waals surface area contributed by atoms with E-state index in [1.807, 2.05) is 0 Å². The highest BCUT2D eigenvalue weighted by atomic mass is 32.2. The molecule has 1 heterocycles. The molecule has 1 saturated heterocycles. The van der Waals surface area contributed by atoms with Gasteiger partial charge in [0.25, 0.3) is 0 Å². The third-order valence-electron chi connectivity index (χ3n) is 8.64. The van der Waals surface area contributed by atoms with Gasteiger partial charge in [-0.25, -0.2) is 4.39 Å². The molecule has 2 unspecified atom stereocenters. The van der Waals surface area contributed by atoms with Crippen molar-refractivity contribution in [1.82, 2.24) is 4.90 Å². The molecule has 274 valence electrons. The number of likely N-dealkylation sites (tertiary alicyclic amines) is 1. The van der Waals surface area contributed by atoms with Crippen molar-refractivity contribution in [3.05, 3.63) is 95.9 Å². The molecule has 0 amide bonds. The van der Waals surface area contributed by atoms with E-state index in [1.165, 1.54) is 6.07 Å². The molecular formula is C41H56FNO6S. The van der Waals surface area contributed by atoms with Crippen LogP contribution in [-0.2, 0) is 30.3 Å². The number of allylic oxidation sites excluding steroid dienone is 10. The Kier molecular flexibility index (Phi) is 20.4. The summed E-state index contributed by atoms with van der Waals surface area (Å²) < 4.78 is 30.6. The minimum absolute atomic E-state index is 0.00671. The van der Waals surface area contributed by atoms with Gasteiger partial charge in [0.2, 0.25) is 6.79 Å². The van der Waals surface area contributed by atoms with Crippen molar-refractivity contribution in [2.24, 2.45) is 11.8 Å². The molecular weight excluding hydrogens is 654 g/mol. The fourth-order valence-electron chi connectivity index (χ4n) is 5.78. The molecule has 1 aromatic rings. The lowest BCUT2D eigenvalue weighted by atomic mass is 9.93. The number of benzene rings is 1. The highest BCUT2D eigenvalue weighted by Crippen LogP contribution is 2.35. The van der Waals surface area contributed by atoms with Crippen LogP contribution in [0.2, 0.25) is 0 Å². The van der Waals surface area contributed by atoms with E-state index in [9.17, 15) is 18.8 Å². The molecule has 0 bridgehead atoms. The zero-order valence-electron chi connectivity index (χ0n) is 29.9. The number of unbranched alkanes of at least 4 members (excludes halogenated alkanes) is 1. The van der Waals surface area contributed by atoms with Gasteiger partial charge >= 0.3 is 11.9 Å². The van der Waals surface area contributed by atoms with Gasteiger partial charge in [0.15, 0.2) is 5.78 Å². The standard InChI is InChI=1S/C41H56FNO6S/c1-3-4-5-6-7-8-9-10-11-12-13-14-15-16-17-18-19-23-39(44)48-31-49-40(45)28-34-29-43(27-26-38(34)50-32-47-2)30-36-35(21-20-22-37(36)42)41(46)33-24-25-33/h4-5,7-8,10-11,13-14,16-17,20-22,33-34,38H,3,6,9,12,15,18-19,23-32H2,1-2H3/b5-4-,8-7-,11-10-,14-13-,17-16-. The molecule has 0 spiro atoms. The molecule has 0 aromatic heterocycles. The number of methoxy groups -OCH3 is 1. The summed E-state index contributed by atoms with van der Waals surface area (Å²) in [6.07, 6.45) is 30.7. The normalized spacial score (nSPS) is 18.7. The molecule has 2 atom stereocenters. The molecule has 50 heavy (non-hydrogen) atoms. The van der Waals surface area contributed by atoms with Crippen molar-refractivity contribution in [2.45, 2.75) is 95.8 Å². The second-order valence-electron chi connectivity index (χ2n) is 12.8. The van der Waals surface area contributed by atoms with E-state index in [0.29, 0.717) is 36.6 Å². The van der Waals surface area contributed by atoms with Crippen molar-refractivity contribution in [3.63, 3.8) is 0 Å². The lowest BCUT2D eigenvalue weighted by Crippen LogP contribution is -2.43. The average molecular weight is 710 g/mol. The summed E-state index contributed by atoms with van der Waals surface area (Å²) in [7, 11) is 1.64. The molecule has 2 fully saturated rings. The van der Waals surface area contributed by atoms with Crippen LogP contribution in [0.1, 0.15) is 99.9 Å². The Labute approximate surface area is 303 Å². The number of thioether (sulfide) groups is 1. The highest BCUT2D eigenvalue weighted by molar-refractivity contribution is 7.99. The van der Waals surface area contributed by atoms with Gasteiger partial charge in [-0.15, -0.1) is 11.8 Å². The van der Waals surface area contributed by atoms with Crippen LogP contribution in [0.15, 0.2) is 79.0 Å². The highest BCUT2D eigenvalue weighted by Gasteiger charge is 2.35. The summed E-state index contributed by atoms with van der Waals surface area (Å²) >= 11 is 1.65. The van der Waals surface area contributed by atoms with Crippen molar-refractivity contribution in [1.29, 1.82) is 0 Å². The molecule has 1 aliphatic heterocycles. The first-order valence-corrected chi connectivity index (χ1v) is 19.2. The number of rotatable bonds is 24. The summed E-state index contributed by atoms with van der Waals surface area (Å²) in [6, 6.07) is 4.72. The van der Waals surface area contributed by atoms with Crippen molar-refractivity contribution in [2.75, 3.05) is 32.9 Å². The fraction of sp³-hybridized carbons (Fsp3) is 0.537. The summed E-state index contributed by atoms with van der Waals surface area (Å²) in [5.41, 5.74) is 0.904. The Hall–Kier alpha value is -3.27. The van der Waals surface area contributed by atoms with Gasteiger partial charge < -0.3 is 14.2 Å². The number of halogens is 1. The van der Waals surface area contributed by atoms with Crippen LogP contribution < -0.4 is 0 Å². The number of piperidine rings is 1. The number of nitrogens with zero attached hydrogens (tertiary/aromatic N) is 1. The topological polar surface area (TPSA) is 82.1 Å². The maximum Gasteiger partial charge on any atom is 0.309 e. The smallest absolute Gasteiger partial charge is 0.309 e. The third kappa shape index (κ3) is 16.6. The molecule has 1 aromatic carbocycles. The monoisotopic (exact) mass is 709 g/mol. The van der Waals surface area contributed by atoms with E-state index in [0.717, 1.165) is 64.3 Å². The quantitative estimate of drug-likeness (QED) is 0.0346. The number of Topliss-reactive ketones (excluding diaryl/α,β-unsaturated/α-hetero) is 1. The van der Waals surface area contributed by atoms with Gasteiger partial charge in [-0.05, 0) is 82.7 Å². The van der Waals surface area contributed by atoms with E-state index in [2.05, 4.69) is 72.6 Å². The van der Waals surface area contributed by atoms with Crippen molar-refractivity contribution >= 4 is 29.5 Å². The van der Waals surface area contributed by atoms with Gasteiger partial charge in [-0.1, -0.05) is 79.8 Å². The first-order valence-electron chi connectivity index (χ1n) is 18.1. The summed E-state index contributed by atoms with van der Waals surface area (Å²) in [4.78, 5) is 39.9. The second-order valence-corrected chi connectivity index (χ2v) is 13.9. The molecule has 0 N–H and O–H groups in total. The second kappa shape index (κ2) is 24.8. The van der Waals surface area contributed by atoms with E-state index < -0.39 is 18.7 Å². The average Bonchev–Trinajstić information content (AvgIpc) is 3.96. The summed E-state index contributed by atoms with van der Waals surface area (Å²) in [5, 5.41) is 0.158. The Morgan fingerprint density at radius 1 is 0.880 bits per heavy atom. The maximum atomic E-state index is 14.9. The SMILES string of the molecule is CC/C=C\C/C=C\C/C=C\C/C=C\C/C=C\CCCC(=O)OCOC(=O)CC1CN(Cc2c(F)cccc2C(=O)C2CC2)CCC1SCOC. The number of ether oxygens (including phenoxy) is 3. The predicted octanol–water partition coefficient (Wildman–Crippen LogP) is 9.30.